The van der Waals surface area contributed by atoms with E-state index in [1.54, 1.807) is 0 Å². The molecule has 4 rings (SSSR count). The zero-order valence-corrected chi connectivity index (χ0v) is 24.6. The smallest absolute Gasteiger partial charge is 0.410 e. The fourth-order valence-electron chi connectivity index (χ4n) is 6.67. The summed E-state index contributed by atoms with van der Waals surface area (Å²) in [6, 6.07) is 6.68. The molecule has 1 atom stereocenters. The first-order valence-corrected chi connectivity index (χ1v) is 14.8. The predicted octanol–water partition coefficient (Wildman–Crippen LogP) is 5.57. The van der Waals surface area contributed by atoms with Crippen molar-refractivity contribution in [2.24, 2.45) is 0 Å². The average Bonchev–Trinajstić information content (AvgIpc) is 3.12. The number of ether oxygens (including phenoxy) is 2. The number of rotatable bonds is 8. The minimum atomic E-state index is -0.385. The number of unbranched alkanes of at least 4 members (excludes halogenated alkanes) is 1. The van der Waals surface area contributed by atoms with Gasteiger partial charge in [0.1, 0.15) is 5.60 Å². The van der Waals surface area contributed by atoms with Crippen LogP contribution in [0.2, 0.25) is 0 Å². The number of likely N-dealkylation sites (tertiary alicyclic amines) is 2. The number of carbonyl (C=O) groups excluding carboxylic acids is 2. The lowest BCUT2D eigenvalue weighted by molar-refractivity contribution is -0.0409. The molecular weight excluding hydrogens is 478 g/mol. The summed E-state index contributed by atoms with van der Waals surface area (Å²) < 4.78 is 12.1. The summed E-state index contributed by atoms with van der Waals surface area (Å²) in [6.45, 7) is 17.0. The molecule has 3 heterocycles. The van der Waals surface area contributed by atoms with Crippen molar-refractivity contribution in [1.82, 2.24) is 14.7 Å². The molecule has 3 fully saturated rings. The molecule has 3 aliphatic rings. The van der Waals surface area contributed by atoms with Gasteiger partial charge in [0.2, 0.25) is 0 Å². The van der Waals surface area contributed by atoms with Gasteiger partial charge in [-0.05, 0) is 65.0 Å². The van der Waals surface area contributed by atoms with Crippen LogP contribution < -0.4 is 0 Å². The molecule has 38 heavy (non-hydrogen) atoms. The van der Waals surface area contributed by atoms with E-state index in [1.165, 1.54) is 0 Å². The molecule has 7 nitrogen and oxygen atoms in total. The van der Waals surface area contributed by atoms with Crippen molar-refractivity contribution in [3.8, 4) is 0 Å². The number of hydrogen-bond acceptors (Lipinski definition) is 5. The van der Waals surface area contributed by atoms with Gasteiger partial charge < -0.3 is 14.4 Å². The van der Waals surface area contributed by atoms with Crippen LogP contribution in [0.5, 0.6) is 0 Å². The van der Waals surface area contributed by atoms with E-state index in [0.717, 1.165) is 87.8 Å². The van der Waals surface area contributed by atoms with Crippen molar-refractivity contribution >= 4 is 12.0 Å². The van der Waals surface area contributed by atoms with Crippen molar-refractivity contribution in [3.05, 3.63) is 34.9 Å². The highest BCUT2D eigenvalue weighted by Gasteiger charge is 2.54. The number of benzene rings is 1. The summed E-state index contributed by atoms with van der Waals surface area (Å²) in [5.41, 5.74) is 2.38. The lowest BCUT2D eigenvalue weighted by Gasteiger charge is -2.46. The Morgan fingerprint density at radius 3 is 2.29 bits per heavy atom. The first-order valence-electron chi connectivity index (χ1n) is 14.8. The monoisotopic (exact) mass is 527 g/mol. The standard InChI is InChI=1S/C31H49N3O4/c1-7-8-12-26-31(38-29(36)34(26)21-22-37-30(4,5)6)15-19-32(20-16-31)25-13-17-33(18-14-25)28(35)27-23(2)10-9-11-24(27)3/h9-11,25-26H,7-8,12-22H2,1-6H3. The molecule has 1 aromatic carbocycles. The van der Waals surface area contributed by atoms with Crippen LogP contribution in [0, 0.1) is 13.8 Å². The Labute approximate surface area is 229 Å². The Bertz CT molecular complexity index is 952. The maximum atomic E-state index is 13.3. The Kier molecular flexibility index (Phi) is 9.08. The van der Waals surface area contributed by atoms with Gasteiger partial charge in [-0.2, -0.15) is 0 Å². The Morgan fingerprint density at radius 1 is 1.08 bits per heavy atom. The van der Waals surface area contributed by atoms with Crippen LogP contribution >= 0.6 is 0 Å². The van der Waals surface area contributed by atoms with Gasteiger partial charge in [-0.1, -0.05) is 38.0 Å². The summed E-state index contributed by atoms with van der Waals surface area (Å²) in [6.07, 6.45) is 6.77. The number of aryl methyl sites for hydroxylation is 2. The SMILES string of the molecule is CCCCC1N(CCOC(C)(C)C)C(=O)OC12CCN(C1CCN(C(=O)c3c(C)cccc3C)CC1)CC2. The van der Waals surface area contributed by atoms with E-state index in [-0.39, 0.29) is 29.2 Å². The van der Waals surface area contributed by atoms with Crippen molar-refractivity contribution in [1.29, 1.82) is 0 Å². The van der Waals surface area contributed by atoms with Crippen LogP contribution in [0.25, 0.3) is 0 Å². The fraction of sp³-hybridized carbons (Fsp3) is 0.742. The van der Waals surface area contributed by atoms with E-state index in [2.05, 4.69) is 11.8 Å². The lowest BCUT2D eigenvalue weighted by atomic mass is 9.81. The van der Waals surface area contributed by atoms with Crippen molar-refractivity contribution in [3.63, 3.8) is 0 Å². The number of piperidine rings is 2. The molecule has 7 heteroatoms. The summed E-state index contributed by atoms with van der Waals surface area (Å²) in [4.78, 5) is 32.9. The molecule has 1 spiro atoms. The third-order valence-corrected chi connectivity index (χ3v) is 8.81. The quantitative estimate of drug-likeness (QED) is 0.442. The molecule has 0 aromatic heterocycles. The van der Waals surface area contributed by atoms with Gasteiger partial charge in [0.05, 0.1) is 18.2 Å². The lowest BCUT2D eigenvalue weighted by Crippen LogP contribution is -2.56. The first kappa shape index (κ1) is 28.9. The van der Waals surface area contributed by atoms with E-state index in [4.69, 9.17) is 9.47 Å². The van der Waals surface area contributed by atoms with Crippen LogP contribution in [0.1, 0.15) is 94.1 Å². The molecule has 0 radical (unpaired) electrons. The maximum Gasteiger partial charge on any atom is 0.410 e. The van der Waals surface area contributed by atoms with E-state index >= 15 is 0 Å². The minimum absolute atomic E-state index is 0.123. The molecule has 3 aliphatic heterocycles. The molecule has 3 saturated heterocycles. The van der Waals surface area contributed by atoms with E-state index in [1.807, 2.05) is 62.6 Å². The Hall–Kier alpha value is -2.12. The fourth-order valence-corrected chi connectivity index (χ4v) is 6.67. The third kappa shape index (κ3) is 6.36. The van der Waals surface area contributed by atoms with Crippen LogP contribution in [0.15, 0.2) is 18.2 Å². The Morgan fingerprint density at radius 2 is 1.71 bits per heavy atom. The summed E-state index contributed by atoms with van der Waals surface area (Å²) >= 11 is 0. The molecule has 0 saturated carbocycles. The highest BCUT2D eigenvalue weighted by molar-refractivity contribution is 5.97. The van der Waals surface area contributed by atoms with Gasteiger partial charge in [0, 0.05) is 57.2 Å². The van der Waals surface area contributed by atoms with Gasteiger partial charge in [0.25, 0.3) is 5.91 Å². The second kappa shape index (κ2) is 12.0. The zero-order chi connectivity index (χ0) is 27.5. The number of carbonyl (C=O) groups is 2. The number of hydrogen-bond donors (Lipinski definition) is 0. The second-order valence-corrected chi connectivity index (χ2v) is 12.6. The van der Waals surface area contributed by atoms with Gasteiger partial charge in [-0.25, -0.2) is 4.79 Å². The van der Waals surface area contributed by atoms with Gasteiger partial charge in [-0.15, -0.1) is 0 Å². The molecule has 2 amide bonds. The van der Waals surface area contributed by atoms with Crippen LogP contribution in [0.3, 0.4) is 0 Å². The van der Waals surface area contributed by atoms with Crippen molar-refractivity contribution < 1.29 is 19.1 Å². The van der Waals surface area contributed by atoms with Gasteiger partial charge in [-0.3, -0.25) is 14.6 Å². The molecule has 0 bridgehead atoms. The molecule has 0 aliphatic carbocycles. The van der Waals surface area contributed by atoms with Crippen LogP contribution in [0.4, 0.5) is 4.79 Å². The molecule has 1 unspecified atom stereocenters. The topological polar surface area (TPSA) is 62.3 Å². The third-order valence-electron chi connectivity index (χ3n) is 8.81. The molecule has 1 aromatic rings. The number of amides is 2. The zero-order valence-electron chi connectivity index (χ0n) is 24.6. The predicted molar refractivity (Wildman–Crippen MR) is 151 cm³/mol. The first-order chi connectivity index (χ1) is 18.0. The summed E-state index contributed by atoms with van der Waals surface area (Å²) in [5, 5.41) is 0. The van der Waals surface area contributed by atoms with E-state index in [0.29, 0.717) is 19.2 Å². The number of nitrogens with zero attached hydrogens (tertiary/aromatic N) is 3. The summed E-state index contributed by atoms with van der Waals surface area (Å²) in [7, 11) is 0. The van der Waals surface area contributed by atoms with E-state index < -0.39 is 0 Å². The molecule has 0 N–H and O–H groups in total. The highest BCUT2D eigenvalue weighted by Crippen LogP contribution is 2.41. The van der Waals surface area contributed by atoms with Crippen molar-refractivity contribution in [2.75, 3.05) is 39.3 Å². The van der Waals surface area contributed by atoms with Crippen LogP contribution in [-0.4, -0.2) is 89.3 Å². The van der Waals surface area contributed by atoms with Gasteiger partial charge in [0.15, 0.2) is 0 Å². The molecule has 212 valence electrons. The molecular formula is C31H49N3O4. The second-order valence-electron chi connectivity index (χ2n) is 12.6. The van der Waals surface area contributed by atoms with E-state index in [9.17, 15) is 9.59 Å². The normalized spacial score (nSPS) is 22.8. The van der Waals surface area contributed by atoms with Crippen LogP contribution in [-0.2, 0) is 9.47 Å². The maximum absolute atomic E-state index is 13.3. The average molecular weight is 528 g/mol. The highest BCUT2D eigenvalue weighted by atomic mass is 16.6. The largest absolute Gasteiger partial charge is 0.440 e. The summed E-state index contributed by atoms with van der Waals surface area (Å²) in [5.74, 6) is 0.170. The minimum Gasteiger partial charge on any atom is -0.440 e. The van der Waals surface area contributed by atoms with Crippen molar-refractivity contribution in [2.45, 2.75) is 110 Å². The Balaban J connectivity index is 1.33. The van der Waals surface area contributed by atoms with Gasteiger partial charge >= 0.3 is 6.09 Å².